The Balaban J connectivity index is 2.09. The molecule has 2 aliphatic rings. The first-order valence-electron chi connectivity index (χ1n) is 6.62. The Morgan fingerprint density at radius 2 is 2.11 bits per heavy atom. The van der Waals surface area contributed by atoms with E-state index in [0.717, 1.165) is 35.7 Å². The summed E-state index contributed by atoms with van der Waals surface area (Å²) in [6, 6.07) is 2.11. The van der Waals surface area contributed by atoms with Crippen molar-refractivity contribution in [3.8, 4) is 11.5 Å². The fourth-order valence-corrected chi connectivity index (χ4v) is 3.24. The van der Waals surface area contributed by atoms with Gasteiger partial charge in [-0.2, -0.15) is 0 Å². The highest BCUT2D eigenvalue weighted by Crippen LogP contribution is 2.48. The zero-order valence-electron chi connectivity index (χ0n) is 11.2. The van der Waals surface area contributed by atoms with Crippen molar-refractivity contribution in [1.29, 1.82) is 0 Å². The van der Waals surface area contributed by atoms with E-state index in [1.165, 1.54) is 11.1 Å². The maximum absolute atomic E-state index is 5.89. The number of hydrogen-bond donors (Lipinski definition) is 1. The van der Waals surface area contributed by atoms with Crippen LogP contribution >= 0.6 is 15.9 Å². The fourth-order valence-electron chi connectivity index (χ4n) is 2.69. The molecule has 4 nitrogen and oxygen atoms in total. The third kappa shape index (κ3) is 2.35. The molecule has 5 heteroatoms. The summed E-state index contributed by atoms with van der Waals surface area (Å²) in [4.78, 5) is 0. The van der Waals surface area contributed by atoms with Crippen LogP contribution in [0.4, 0.5) is 0 Å². The summed E-state index contributed by atoms with van der Waals surface area (Å²) in [6.45, 7) is 7.14. The predicted molar refractivity (Wildman–Crippen MR) is 75.9 cm³/mol. The van der Waals surface area contributed by atoms with Crippen LogP contribution < -0.4 is 14.8 Å². The molecule has 1 saturated heterocycles. The maximum atomic E-state index is 5.89. The van der Waals surface area contributed by atoms with Gasteiger partial charge >= 0.3 is 0 Å². The van der Waals surface area contributed by atoms with Gasteiger partial charge in [-0.05, 0) is 33.5 Å². The largest absolute Gasteiger partial charge is 0.453 e. The van der Waals surface area contributed by atoms with Crippen LogP contribution in [0.3, 0.4) is 0 Å². The SMILES string of the molecule is CC(C)c1c(C2CNCCO2)cc(Br)c2c1OCO2. The molecule has 1 N–H and O–H groups in total. The highest BCUT2D eigenvalue weighted by Gasteiger charge is 2.29. The first kappa shape index (κ1) is 13.2. The number of hydrogen-bond acceptors (Lipinski definition) is 4. The summed E-state index contributed by atoms with van der Waals surface area (Å²) in [7, 11) is 0. The van der Waals surface area contributed by atoms with Crippen molar-refractivity contribution < 1.29 is 14.2 Å². The zero-order valence-corrected chi connectivity index (χ0v) is 12.7. The summed E-state index contributed by atoms with van der Waals surface area (Å²) in [6.07, 6.45) is 0.0805. The second-order valence-electron chi connectivity index (χ2n) is 5.14. The van der Waals surface area contributed by atoms with E-state index in [-0.39, 0.29) is 6.10 Å². The number of morpholine rings is 1. The van der Waals surface area contributed by atoms with E-state index in [1.807, 2.05) is 0 Å². The van der Waals surface area contributed by atoms with E-state index in [2.05, 4.69) is 41.2 Å². The van der Waals surface area contributed by atoms with Gasteiger partial charge in [0.2, 0.25) is 6.79 Å². The number of nitrogens with one attached hydrogen (secondary N) is 1. The third-order valence-electron chi connectivity index (χ3n) is 3.52. The van der Waals surface area contributed by atoms with Gasteiger partial charge in [-0.15, -0.1) is 0 Å². The zero-order chi connectivity index (χ0) is 13.4. The number of halogens is 1. The van der Waals surface area contributed by atoms with Gasteiger partial charge in [-0.1, -0.05) is 13.8 Å². The highest BCUT2D eigenvalue weighted by molar-refractivity contribution is 9.10. The highest BCUT2D eigenvalue weighted by atomic mass is 79.9. The Morgan fingerprint density at radius 3 is 2.79 bits per heavy atom. The molecule has 0 saturated carbocycles. The summed E-state index contributed by atoms with van der Waals surface area (Å²) < 4.78 is 18.0. The number of benzene rings is 1. The minimum Gasteiger partial charge on any atom is -0.453 e. The summed E-state index contributed by atoms with van der Waals surface area (Å²) in [5.41, 5.74) is 2.39. The molecule has 3 rings (SSSR count). The van der Waals surface area contributed by atoms with E-state index in [1.54, 1.807) is 0 Å². The van der Waals surface area contributed by atoms with Crippen molar-refractivity contribution in [2.45, 2.75) is 25.9 Å². The number of fused-ring (bicyclic) bond motifs is 1. The van der Waals surface area contributed by atoms with Crippen LogP contribution in [0.25, 0.3) is 0 Å². The molecule has 2 heterocycles. The van der Waals surface area contributed by atoms with Crippen LogP contribution in [0.1, 0.15) is 37.0 Å². The lowest BCUT2D eigenvalue weighted by Crippen LogP contribution is -2.33. The summed E-state index contributed by atoms with van der Waals surface area (Å²) in [5, 5.41) is 3.37. The van der Waals surface area contributed by atoms with Crippen molar-refractivity contribution in [1.82, 2.24) is 5.32 Å². The van der Waals surface area contributed by atoms with Crippen molar-refractivity contribution in [3.63, 3.8) is 0 Å². The molecule has 1 unspecified atom stereocenters. The topological polar surface area (TPSA) is 39.7 Å². The molecule has 1 aromatic carbocycles. The van der Waals surface area contributed by atoms with E-state index < -0.39 is 0 Å². The first-order valence-corrected chi connectivity index (χ1v) is 7.42. The molecule has 0 spiro atoms. The van der Waals surface area contributed by atoms with E-state index >= 15 is 0 Å². The molecular formula is C14H18BrNO3. The molecule has 0 bridgehead atoms. The monoisotopic (exact) mass is 327 g/mol. The molecule has 1 atom stereocenters. The summed E-state index contributed by atoms with van der Waals surface area (Å²) in [5.74, 6) is 2.05. The molecule has 19 heavy (non-hydrogen) atoms. The second kappa shape index (κ2) is 5.31. The van der Waals surface area contributed by atoms with Gasteiger partial charge in [-0.25, -0.2) is 0 Å². The minimum atomic E-state index is 0.0805. The van der Waals surface area contributed by atoms with Crippen molar-refractivity contribution in [2.75, 3.05) is 26.5 Å². The van der Waals surface area contributed by atoms with Crippen LogP contribution in [0.15, 0.2) is 10.5 Å². The normalized spacial score (nSPS) is 22.0. The lowest BCUT2D eigenvalue weighted by Gasteiger charge is -2.27. The Bertz CT molecular complexity index is 484. The van der Waals surface area contributed by atoms with Crippen LogP contribution in [0.2, 0.25) is 0 Å². The predicted octanol–water partition coefficient (Wildman–Crippen LogP) is 2.96. The molecule has 2 aliphatic heterocycles. The molecule has 0 amide bonds. The fraction of sp³-hybridized carbons (Fsp3) is 0.571. The molecule has 0 aliphatic carbocycles. The van der Waals surface area contributed by atoms with E-state index in [4.69, 9.17) is 14.2 Å². The number of ether oxygens (including phenoxy) is 3. The van der Waals surface area contributed by atoms with E-state index in [0.29, 0.717) is 12.7 Å². The van der Waals surface area contributed by atoms with Gasteiger partial charge in [0.1, 0.15) is 0 Å². The van der Waals surface area contributed by atoms with E-state index in [9.17, 15) is 0 Å². The second-order valence-corrected chi connectivity index (χ2v) is 6.00. The minimum absolute atomic E-state index is 0.0805. The van der Waals surface area contributed by atoms with Gasteiger partial charge < -0.3 is 19.5 Å². The smallest absolute Gasteiger partial charge is 0.231 e. The van der Waals surface area contributed by atoms with Gasteiger partial charge in [0.25, 0.3) is 0 Å². The molecule has 0 aromatic heterocycles. The first-order chi connectivity index (χ1) is 9.18. The van der Waals surface area contributed by atoms with Crippen molar-refractivity contribution in [2.24, 2.45) is 0 Å². The maximum Gasteiger partial charge on any atom is 0.231 e. The Hall–Kier alpha value is -0.780. The summed E-state index contributed by atoms with van der Waals surface area (Å²) >= 11 is 3.57. The number of rotatable bonds is 2. The van der Waals surface area contributed by atoms with Crippen molar-refractivity contribution in [3.05, 3.63) is 21.7 Å². The molecule has 104 valence electrons. The quantitative estimate of drug-likeness (QED) is 0.906. The Morgan fingerprint density at radius 1 is 1.32 bits per heavy atom. The molecule has 1 fully saturated rings. The lowest BCUT2D eigenvalue weighted by molar-refractivity contribution is 0.0268. The Labute approximate surface area is 121 Å². The van der Waals surface area contributed by atoms with Crippen LogP contribution in [-0.2, 0) is 4.74 Å². The standard InChI is InChI=1S/C14H18BrNO3/c1-8(2)12-9(11-6-16-3-4-17-11)5-10(15)13-14(12)19-7-18-13/h5,8,11,16H,3-4,6-7H2,1-2H3. The van der Waals surface area contributed by atoms with Gasteiger partial charge in [-0.3, -0.25) is 0 Å². The lowest BCUT2D eigenvalue weighted by atomic mass is 9.92. The van der Waals surface area contributed by atoms with Crippen LogP contribution in [-0.4, -0.2) is 26.5 Å². The molecule has 1 aromatic rings. The average Bonchev–Trinajstić information content (AvgIpc) is 2.88. The average molecular weight is 328 g/mol. The van der Waals surface area contributed by atoms with Gasteiger partial charge in [0.15, 0.2) is 11.5 Å². The van der Waals surface area contributed by atoms with Gasteiger partial charge in [0.05, 0.1) is 17.2 Å². The van der Waals surface area contributed by atoms with Crippen molar-refractivity contribution >= 4 is 15.9 Å². The Kier molecular flexibility index (Phi) is 3.69. The van der Waals surface area contributed by atoms with Crippen LogP contribution in [0.5, 0.6) is 11.5 Å². The third-order valence-corrected chi connectivity index (χ3v) is 4.11. The molecule has 0 radical (unpaired) electrons. The molecular weight excluding hydrogens is 310 g/mol. The van der Waals surface area contributed by atoms with Gasteiger partial charge in [0, 0.05) is 18.7 Å². The van der Waals surface area contributed by atoms with Crippen LogP contribution in [0, 0.1) is 0 Å².